The van der Waals surface area contributed by atoms with Crippen LogP contribution in [0, 0.1) is 0 Å². The minimum atomic E-state index is -0.440. The quantitative estimate of drug-likeness (QED) is 0.781. The van der Waals surface area contributed by atoms with E-state index in [0.717, 1.165) is 24.8 Å². The maximum Gasteiger partial charge on any atom is 0.315 e. The highest BCUT2D eigenvalue weighted by molar-refractivity contribution is 6.30. The summed E-state index contributed by atoms with van der Waals surface area (Å²) in [6.07, 6.45) is 1.83. The van der Waals surface area contributed by atoms with Crippen molar-refractivity contribution in [3.8, 4) is 0 Å². The minimum absolute atomic E-state index is 0.151. The molecule has 1 saturated carbocycles. The fourth-order valence-corrected chi connectivity index (χ4v) is 2.65. The number of aliphatic hydroxyl groups is 1. The summed E-state index contributed by atoms with van der Waals surface area (Å²) in [7, 11) is 1.60. The van der Waals surface area contributed by atoms with Crippen molar-refractivity contribution in [2.45, 2.75) is 37.5 Å². The van der Waals surface area contributed by atoms with Crippen LogP contribution >= 0.6 is 11.6 Å². The van der Waals surface area contributed by atoms with Gasteiger partial charge in [0.1, 0.15) is 0 Å². The molecule has 1 aromatic rings. The number of carbonyl (C=O) groups is 1. The number of methoxy groups -OCH3 is 1. The van der Waals surface area contributed by atoms with Crippen LogP contribution < -0.4 is 10.6 Å². The summed E-state index contributed by atoms with van der Waals surface area (Å²) < 4.78 is 5.38. The van der Waals surface area contributed by atoms with Crippen molar-refractivity contribution < 1.29 is 14.6 Å². The molecule has 5 nitrogen and oxygen atoms in total. The predicted octanol–water partition coefficient (Wildman–Crippen LogP) is 2.24. The molecule has 0 saturated heterocycles. The van der Waals surface area contributed by atoms with Crippen molar-refractivity contribution in [1.82, 2.24) is 10.6 Å². The SMILES string of the molecule is CO[C@H](CNC(=O)N[C@@H]1CCC[C@H]1O)c1ccc(Cl)cc1. The first-order valence-electron chi connectivity index (χ1n) is 7.11. The first-order valence-corrected chi connectivity index (χ1v) is 7.48. The van der Waals surface area contributed by atoms with Crippen molar-refractivity contribution in [2.24, 2.45) is 0 Å². The van der Waals surface area contributed by atoms with E-state index in [1.807, 2.05) is 12.1 Å². The zero-order chi connectivity index (χ0) is 15.2. The van der Waals surface area contributed by atoms with Crippen LogP contribution in [0.25, 0.3) is 0 Å². The number of amides is 2. The maximum absolute atomic E-state index is 11.8. The summed E-state index contributed by atoms with van der Waals surface area (Å²) in [6.45, 7) is 0.354. The number of rotatable bonds is 5. The maximum atomic E-state index is 11.8. The number of urea groups is 1. The van der Waals surface area contributed by atoms with Crippen molar-refractivity contribution in [2.75, 3.05) is 13.7 Å². The normalized spacial score (nSPS) is 22.8. The third-order valence-corrected chi connectivity index (χ3v) is 4.02. The fraction of sp³-hybridized carbons (Fsp3) is 0.533. The third-order valence-electron chi connectivity index (χ3n) is 3.77. The van der Waals surface area contributed by atoms with E-state index < -0.39 is 6.10 Å². The van der Waals surface area contributed by atoms with Crippen molar-refractivity contribution in [3.63, 3.8) is 0 Å². The number of aliphatic hydroxyl groups excluding tert-OH is 1. The molecule has 0 spiro atoms. The molecule has 0 aromatic heterocycles. The van der Waals surface area contributed by atoms with Crippen LogP contribution in [0.4, 0.5) is 4.79 Å². The molecule has 0 unspecified atom stereocenters. The molecule has 0 radical (unpaired) electrons. The Morgan fingerprint density at radius 3 is 2.71 bits per heavy atom. The molecule has 6 heteroatoms. The van der Waals surface area contributed by atoms with Crippen molar-refractivity contribution >= 4 is 17.6 Å². The first kappa shape index (κ1) is 16.1. The largest absolute Gasteiger partial charge is 0.391 e. The lowest BCUT2D eigenvalue weighted by Crippen LogP contribution is -2.46. The summed E-state index contributed by atoms with van der Waals surface area (Å²) >= 11 is 5.85. The zero-order valence-electron chi connectivity index (χ0n) is 12.0. The average Bonchev–Trinajstić information content (AvgIpc) is 2.87. The van der Waals surface area contributed by atoms with Crippen LogP contribution in [0.1, 0.15) is 30.9 Å². The highest BCUT2D eigenvalue weighted by Crippen LogP contribution is 2.19. The Kier molecular flexibility index (Phi) is 5.85. The number of halogens is 1. The Morgan fingerprint density at radius 1 is 1.43 bits per heavy atom. The summed E-state index contributed by atoms with van der Waals surface area (Å²) in [6, 6.07) is 6.89. The topological polar surface area (TPSA) is 70.6 Å². The van der Waals surface area contributed by atoms with Gasteiger partial charge in [-0.05, 0) is 37.0 Å². The Labute approximate surface area is 129 Å². The molecule has 1 fully saturated rings. The monoisotopic (exact) mass is 312 g/mol. The minimum Gasteiger partial charge on any atom is -0.391 e. The van der Waals surface area contributed by atoms with E-state index in [4.69, 9.17) is 16.3 Å². The van der Waals surface area contributed by atoms with Gasteiger partial charge in [-0.25, -0.2) is 4.79 Å². The molecular formula is C15H21ClN2O3. The van der Waals surface area contributed by atoms with E-state index in [0.29, 0.717) is 11.6 Å². The molecule has 2 rings (SSSR count). The van der Waals surface area contributed by atoms with Gasteiger partial charge in [-0.2, -0.15) is 0 Å². The van der Waals surface area contributed by atoms with Gasteiger partial charge in [0, 0.05) is 18.7 Å². The van der Waals surface area contributed by atoms with Crippen LogP contribution in [0.15, 0.2) is 24.3 Å². The van der Waals surface area contributed by atoms with Gasteiger partial charge in [0.15, 0.2) is 0 Å². The lowest BCUT2D eigenvalue weighted by Gasteiger charge is -2.20. The number of benzene rings is 1. The second kappa shape index (κ2) is 7.64. The molecule has 21 heavy (non-hydrogen) atoms. The van der Waals surface area contributed by atoms with E-state index in [1.165, 1.54) is 0 Å². The van der Waals surface area contributed by atoms with Crippen LogP contribution in [0.5, 0.6) is 0 Å². The van der Waals surface area contributed by atoms with Crippen LogP contribution in [0.2, 0.25) is 5.02 Å². The van der Waals surface area contributed by atoms with Gasteiger partial charge in [0.2, 0.25) is 0 Å². The molecule has 3 N–H and O–H groups in total. The fourth-order valence-electron chi connectivity index (χ4n) is 2.53. The molecule has 1 aromatic carbocycles. The third kappa shape index (κ3) is 4.59. The number of carbonyl (C=O) groups excluding carboxylic acids is 1. The number of ether oxygens (including phenoxy) is 1. The summed E-state index contributed by atoms with van der Waals surface area (Å²) in [5.41, 5.74) is 0.947. The highest BCUT2D eigenvalue weighted by atomic mass is 35.5. The second-order valence-corrected chi connectivity index (χ2v) is 5.67. The van der Waals surface area contributed by atoms with E-state index in [1.54, 1.807) is 19.2 Å². The lowest BCUT2D eigenvalue weighted by molar-refractivity contribution is 0.103. The molecule has 116 valence electrons. The Bertz CT molecular complexity index is 466. The van der Waals surface area contributed by atoms with Crippen molar-refractivity contribution in [3.05, 3.63) is 34.9 Å². The summed E-state index contributed by atoms with van der Waals surface area (Å²) in [5, 5.41) is 15.9. The number of hydrogen-bond acceptors (Lipinski definition) is 3. The Morgan fingerprint density at radius 2 is 2.14 bits per heavy atom. The van der Waals surface area contributed by atoms with Gasteiger partial charge in [-0.3, -0.25) is 0 Å². The van der Waals surface area contributed by atoms with Gasteiger partial charge < -0.3 is 20.5 Å². The molecule has 1 aliphatic rings. The molecule has 0 aliphatic heterocycles. The zero-order valence-corrected chi connectivity index (χ0v) is 12.8. The Balaban J connectivity index is 1.82. The van der Waals surface area contributed by atoms with Gasteiger partial charge >= 0.3 is 6.03 Å². The van der Waals surface area contributed by atoms with Crippen molar-refractivity contribution in [1.29, 1.82) is 0 Å². The summed E-state index contributed by atoms with van der Waals surface area (Å²) in [4.78, 5) is 11.8. The molecular weight excluding hydrogens is 292 g/mol. The van der Waals surface area contributed by atoms with E-state index in [9.17, 15) is 9.90 Å². The van der Waals surface area contributed by atoms with Crippen LogP contribution in [-0.4, -0.2) is 36.9 Å². The smallest absolute Gasteiger partial charge is 0.315 e. The summed E-state index contributed by atoms with van der Waals surface area (Å²) in [5.74, 6) is 0. The Hall–Kier alpha value is -1.30. The van der Waals surface area contributed by atoms with Crippen LogP contribution in [-0.2, 0) is 4.74 Å². The first-order chi connectivity index (χ1) is 10.1. The van der Waals surface area contributed by atoms with E-state index in [2.05, 4.69) is 10.6 Å². The number of nitrogens with one attached hydrogen (secondary N) is 2. The van der Waals surface area contributed by atoms with Gasteiger partial charge in [-0.15, -0.1) is 0 Å². The molecule has 3 atom stereocenters. The second-order valence-electron chi connectivity index (χ2n) is 5.24. The highest BCUT2D eigenvalue weighted by Gasteiger charge is 2.26. The molecule has 2 amide bonds. The standard InChI is InChI=1S/C15H21ClN2O3/c1-21-14(10-5-7-11(16)8-6-10)9-17-15(20)18-12-3-2-4-13(12)19/h5-8,12-14,19H,2-4,9H2,1H3,(H2,17,18,20)/t12-,13-,14-/m1/s1. The van der Waals surface area contributed by atoms with Gasteiger partial charge in [-0.1, -0.05) is 23.7 Å². The average molecular weight is 313 g/mol. The van der Waals surface area contributed by atoms with E-state index in [-0.39, 0.29) is 18.2 Å². The predicted molar refractivity (Wildman–Crippen MR) is 81.4 cm³/mol. The number of hydrogen-bond donors (Lipinski definition) is 3. The van der Waals surface area contributed by atoms with Gasteiger partial charge in [0.05, 0.1) is 18.2 Å². The van der Waals surface area contributed by atoms with Gasteiger partial charge in [0.25, 0.3) is 0 Å². The van der Waals surface area contributed by atoms with Crippen LogP contribution in [0.3, 0.4) is 0 Å². The molecule has 1 aliphatic carbocycles. The van der Waals surface area contributed by atoms with E-state index >= 15 is 0 Å². The lowest BCUT2D eigenvalue weighted by atomic mass is 10.1. The molecule has 0 bridgehead atoms. The molecule has 0 heterocycles.